The van der Waals surface area contributed by atoms with E-state index in [1.165, 1.54) is 24.1 Å². The van der Waals surface area contributed by atoms with Crippen molar-refractivity contribution in [3.05, 3.63) is 23.8 Å². The van der Waals surface area contributed by atoms with E-state index in [4.69, 9.17) is 4.74 Å². The van der Waals surface area contributed by atoms with Crippen molar-refractivity contribution in [3.63, 3.8) is 0 Å². The summed E-state index contributed by atoms with van der Waals surface area (Å²) in [4.78, 5) is 0. The van der Waals surface area contributed by atoms with Crippen LogP contribution in [0.4, 0.5) is 5.69 Å². The number of hydrogen-bond acceptors (Lipinski definition) is 2. The molecule has 0 aromatic heterocycles. The average molecular weight is 207 g/mol. The van der Waals surface area contributed by atoms with Crippen molar-refractivity contribution in [1.82, 2.24) is 0 Å². The summed E-state index contributed by atoms with van der Waals surface area (Å²) in [5.41, 5.74) is 2.46. The first-order valence-electron chi connectivity index (χ1n) is 5.75. The van der Waals surface area contributed by atoms with Crippen LogP contribution in [-0.4, -0.2) is 13.2 Å². The third kappa shape index (κ3) is 3.82. The van der Waals surface area contributed by atoms with Crippen molar-refractivity contribution in [2.75, 3.05) is 18.5 Å². The van der Waals surface area contributed by atoms with Gasteiger partial charge in [-0.25, -0.2) is 0 Å². The predicted octanol–water partition coefficient (Wildman–Crippen LogP) is 3.61. The Morgan fingerprint density at radius 3 is 2.67 bits per heavy atom. The molecule has 1 aromatic rings. The highest BCUT2D eigenvalue weighted by molar-refractivity contribution is 5.53. The lowest BCUT2D eigenvalue weighted by Gasteiger charge is -2.11. The summed E-state index contributed by atoms with van der Waals surface area (Å²) >= 11 is 0. The van der Waals surface area contributed by atoms with E-state index >= 15 is 0 Å². The third-order valence-electron chi connectivity index (χ3n) is 2.35. The summed E-state index contributed by atoms with van der Waals surface area (Å²) in [5.74, 6) is 0.955. The van der Waals surface area contributed by atoms with Gasteiger partial charge in [0.05, 0.1) is 6.61 Å². The molecule has 0 aliphatic rings. The van der Waals surface area contributed by atoms with Crippen LogP contribution in [0.3, 0.4) is 0 Å². The fourth-order valence-corrected chi connectivity index (χ4v) is 1.49. The summed E-state index contributed by atoms with van der Waals surface area (Å²) in [6.07, 6.45) is 2.44. The second-order valence-electron chi connectivity index (χ2n) is 3.69. The molecule has 0 atom stereocenters. The molecule has 0 bridgehead atoms. The molecule has 1 aromatic carbocycles. The number of rotatable bonds is 6. The smallest absolute Gasteiger partial charge is 0.119 e. The molecule has 0 saturated heterocycles. The molecule has 2 heteroatoms. The van der Waals surface area contributed by atoms with E-state index in [1.54, 1.807) is 0 Å². The molecule has 1 N–H and O–H groups in total. The highest BCUT2D eigenvalue weighted by atomic mass is 16.5. The van der Waals surface area contributed by atoms with Gasteiger partial charge < -0.3 is 10.1 Å². The third-order valence-corrected chi connectivity index (χ3v) is 2.35. The van der Waals surface area contributed by atoms with Crippen molar-refractivity contribution in [3.8, 4) is 5.75 Å². The zero-order chi connectivity index (χ0) is 11.1. The minimum atomic E-state index is 0.724. The van der Waals surface area contributed by atoms with Gasteiger partial charge in [-0.3, -0.25) is 0 Å². The van der Waals surface area contributed by atoms with Gasteiger partial charge in [0.25, 0.3) is 0 Å². The molecule has 0 amide bonds. The van der Waals surface area contributed by atoms with Gasteiger partial charge >= 0.3 is 0 Å². The molecule has 0 radical (unpaired) electrons. The average Bonchev–Trinajstić information content (AvgIpc) is 2.22. The van der Waals surface area contributed by atoms with Crippen LogP contribution in [0.25, 0.3) is 0 Å². The SMILES string of the molecule is CCCCNc1ccc(OCC)cc1C. The molecule has 0 aliphatic carbocycles. The lowest BCUT2D eigenvalue weighted by atomic mass is 10.2. The summed E-state index contributed by atoms with van der Waals surface area (Å²) in [6.45, 7) is 8.08. The fraction of sp³-hybridized carbons (Fsp3) is 0.538. The molecule has 2 nitrogen and oxygen atoms in total. The van der Waals surface area contributed by atoms with Crippen molar-refractivity contribution in [1.29, 1.82) is 0 Å². The Bertz CT molecular complexity index is 297. The van der Waals surface area contributed by atoms with Crippen LogP contribution in [0.15, 0.2) is 18.2 Å². The molecular weight excluding hydrogens is 186 g/mol. The van der Waals surface area contributed by atoms with E-state index in [2.05, 4.69) is 31.3 Å². The minimum absolute atomic E-state index is 0.724. The van der Waals surface area contributed by atoms with Gasteiger partial charge in [-0.1, -0.05) is 13.3 Å². The lowest BCUT2D eigenvalue weighted by Crippen LogP contribution is -2.02. The van der Waals surface area contributed by atoms with Gasteiger partial charge in [-0.15, -0.1) is 0 Å². The van der Waals surface area contributed by atoms with Crippen LogP contribution >= 0.6 is 0 Å². The molecule has 0 saturated carbocycles. The molecule has 84 valence electrons. The lowest BCUT2D eigenvalue weighted by molar-refractivity contribution is 0.340. The number of aryl methyl sites for hydroxylation is 1. The number of nitrogens with one attached hydrogen (secondary N) is 1. The summed E-state index contributed by atoms with van der Waals surface area (Å²) in [6, 6.07) is 6.19. The van der Waals surface area contributed by atoms with Gasteiger partial charge in [-0.2, -0.15) is 0 Å². The van der Waals surface area contributed by atoms with E-state index in [0.717, 1.165) is 18.9 Å². The standard InChI is InChI=1S/C13H21NO/c1-4-6-9-14-13-8-7-12(15-5-2)10-11(13)3/h7-8,10,14H,4-6,9H2,1-3H3. The molecule has 0 aliphatic heterocycles. The second kappa shape index (κ2) is 6.33. The second-order valence-corrected chi connectivity index (χ2v) is 3.69. The Morgan fingerprint density at radius 1 is 1.27 bits per heavy atom. The highest BCUT2D eigenvalue weighted by Gasteiger charge is 1.99. The van der Waals surface area contributed by atoms with Crippen LogP contribution in [0.1, 0.15) is 32.3 Å². The topological polar surface area (TPSA) is 21.3 Å². The maximum absolute atomic E-state index is 5.44. The van der Waals surface area contributed by atoms with Gasteiger partial charge in [0.15, 0.2) is 0 Å². The van der Waals surface area contributed by atoms with E-state index < -0.39 is 0 Å². The fourth-order valence-electron chi connectivity index (χ4n) is 1.49. The normalized spacial score (nSPS) is 10.1. The van der Waals surface area contributed by atoms with E-state index in [9.17, 15) is 0 Å². The van der Waals surface area contributed by atoms with Gasteiger partial charge in [-0.05, 0) is 44.0 Å². The zero-order valence-corrected chi connectivity index (χ0v) is 9.97. The summed E-state index contributed by atoms with van der Waals surface area (Å²) in [5, 5.41) is 3.43. The Hall–Kier alpha value is -1.18. The Balaban J connectivity index is 2.58. The van der Waals surface area contributed by atoms with Crippen LogP contribution in [0, 0.1) is 6.92 Å². The number of anilines is 1. The van der Waals surface area contributed by atoms with Crippen LogP contribution in [0.2, 0.25) is 0 Å². The van der Waals surface area contributed by atoms with Crippen LogP contribution < -0.4 is 10.1 Å². The highest BCUT2D eigenvalue weighted by Crippen LogP contribution is 2.21. The zero-order valence-electron chi connectivity index (χ0n) is 9.97. The number of unbranched alkanes of at least 4 members (excludes halogenated alkanes) is 1. The molecule has 0 unspecified atom stereocenters. The quantitative estimate of drug-likeness (QED) is 0.719. The molecule has 15 heavy (non-hydrogen) atoms. The summed E-state index contributed by atoms with van der Waals surface area (Å²) < 4.78 is 5.44. The Kier molecular flexibility index (Phi) is 5.02. The first kappa shape index (κ1) is 11.9. The molecule has 0 spiro atoms. The number of ether oxygens (including phenoxy) is 1. The Morgan fingerprint density at radius 2 is 2.07 bits per heavy atom. The summed E-state index contributed by atoms with van der Waals surface area (Å²) in [7, 11) is 0. The predicted molar refractivity (Wildman–Crippen MR) is 65.7 cm³/mol. The monoisotopic (exact) mass is 207 g/mol. The largest absolute Gasteiger partial charge is 0.494 e. The van der Waals surface area contributed by atoms with Crippen molar-refractivity contribution in [2.24, 2.45) is 0 Å². The maximum Gasteiger partial charge on any atom is 0.119 e. The Labute approximate surface area is 92.6 Å². The van der Waals surface area contributed by atoms with E-state index in [0.29, 0.717) is 0 Å². The maximum atomic E-state index is 5.44. The van der Waals surface area contributed by atoms with Crippen molar-refractivity contribution >= 4 is 5.69 Å². The van der Waals surface area contributed by atoms with E-state index in [1.807, 2.05) is 13.0 Å². The van der Waals surface area contributed by atoms with E-state index in [-0.39, 0.29) is 0 Å². The molecule has 1 rings (SSSR count). The molecule has 0 heterocycles. The minimum Gasteiger partial charge on any atom is -0.494 e. The number of benzene rings is 1. The molecular formula is C13H21NO. The first-order valence-corrected chi connectivity index (χ1v) is 5.75. The number of hydrogen-bond donors (Lipinski definition) is 1. The van der Waals surface area contributed by atoms with Gasteiger partial charge in [0, 0.05) is 12.2 Å². The van der Waals surface area contributed by atoms with Crippen LogP contribution in [-0.2, 0) is 0 Å². The van der Waals surface area contributed by atoms with Crippen molar-refractivity contribution < 1.29 is 4.74 Å². The van der Waals surface area contributed by atoms with Gasteiger partial charge in [0.2, 0.25) is 0 Å². The van der Waals surface area contributed by atoms with Crippen molar-refractivity contribution in [2.45, 2.75) is 33.6 Å². The van der Waals surface area contributed by atoms with Crippen LogP contribution in [0.5, 0.6) is 5.75 Å². The molecule has 0 fully saturated rings. The first-order chi connectivity index (χ1) is 7.27. The van der Waals surface area contributed by atoms with Gasteiger partial charge in [0.1, 0.15) is 5.75 Å².